The summed E-state index contributed by atoms with van der Waals surface area (Å²) in [5.41, 5.74) is 0. The van der Waals surface area contributed by atoms with Crippen LogP contribution in [0.15, 0.2) is 15.4 Å². The van der Waals surface area contributed by atoms with Crippen LogP contribution in [0.25, 0.3) is 0 Å². The van der Waals surface area contributed by atoms with Crippen molar-refractivity contribution >= 4 is 33.4 Å². The van der Waals surface area contributed by atoms with Crippen LogP contribution in [0.4, 0.5) is 0 Å². The molecule has 0 aliphatic carbocycles. The van der Waals surface area contributed by atoms with Crippen LogP contribution < -0.4 is 0 Å². The van der Waals surface area contributed by atoms with E-state index in [-0.39, 0.29) is 10.8 Å². The molecule has 0 N–H and O–H groups in total. The average Bonchev–Trinajstić information content (AvgIpc) is 2.71. The predicted octanol–water partition coefficient (Wildman–Crippen LogP) is 2.70. The maximum Gasteiger partial charge on any atom is 0.246 e. The molecule has 1 heterocycles. The molecule has 0 saturated heterocycles. The zero-order valence-electron chi connectivity index (χ0n) is 10.8. The largest absolute Gasteiger partial charge is 0.464 e. The van der Waals surface area contributed by atoms with E-state index in [0.717, 1.165) is 12.2 Å². The van der Waals surface area contributed by atoms with Crippen molar-refractivity contribution in [1.82, 2.24) is 4.31 Å². The Hall–Kier alpha value is -0.170. The number of thioether (sulfide) groups is 1. The van der Waals surface area contributed by atoms with Crippen molar-refractivity contribution in [3.8, 4) is 0 Å². The third kappa shape index (κ3) is 3.66. The number of aryl methyl sites for hydroxylation is 1. The Kier molecular flexibility index (Phi) is 6.04. The van der Waals surface area contributed by atoms with Crippen molar-refractivity contribution in [3.05, 3.63) is 17.6 Å². The molecule has 0 aliphatic heterocycles. The Bertz CT molecular complexity index is 484. The molecule has 0 bridgehead atoms. The summed E-state index contributed by atoms with van der Waals surface area (Å²) in [5, 5.41) is 0. The van der Waals surface area contributed by atoms with E-state index < -0.39 is 10.0 Å². The summed E-state index contributed by atoms with van der Waals surface area (Å²) in [6, 6.07) is 1.50. The van der Waals surface area contributed by atoms with Gasteiger partial charge in [0.05, 0.1) is 5.88 Å². The summed E-state index contributed by atoms with van der Waals surface area (Å²) >= 11 is 7.34. The number of rotatable bonds is 7. The van der Waals surface area contributed by atoms with Crippen LogP contribution >= 0.6 is 23.4 Å². The molecule has 0 saturated carbocycles. The Morgan fingerprint density at radius 1 is 1.50 bits per heavy atom. The monoisotopic (exact) mass is 311 g/mol. The number of nitrogens with zero attached hydrogens (tertiary/aromatic N) is 1. The lowest BCUT2D eigenvalue weighted by Gasteiger charge is -2.16. The van der Waals surface area contributed by atoms with Gasteiger partial charge in [0, 0.05) is 19.7 Å². The van der Waals surface area contributed by atoms with Gasteiger partial charge in [-0.25, -0.2) is 12.7 Å². The van der Waals surface area contributed by atoms with E-state index >= 15 is 0 Å². The molecule has 7 heteroatoms. The van der Waals surface area contributed by atoms with Crippen LogP contribution in [0.3, 0.4) is 0 Å². The molecule has 18 heavy (non-hydrogen) atoms. The minimum atomic E-state index is -3.47. The summed E-state index contributed by atoms with van der Waals surface area (Å²) < 4.78 is 31.2. The van der Waals surface area contributed by atoms with Crippen molar-refractivity contribution in [1.29, 1.82) is 0 Å². The number of alkyl halides is 1. The Balaban J connectivity index is 2.87. The van der Waals surface area contributed by atoms with Crippen molar-refractivity contribution in [2.75, 3.05) is 25.6 Å². The summed E-state index contributed by atoms with van der Waals surface area (Å²) in [6.45, 7) is 2.14. The van der Waals surface area contributed by atoms with Crippen LogP contribution in [0.5, 0.6) is 0 Å². The van der Waals surface area contributed by atoms with Crippen molar-refractivity contribution in [3.63, 3.8) is 0 Å². The summed E-state index contributed by atoms with van der Waals surface area (Å²) in [5.74, 6) is 1.98. The highest BCUT2D eigenvalue weighted by atomic mass is 35.5. The van der Waals surface area contributed by atoms with Gasteiger partial charge in [-0.2, -0.15) is 11.8 Å². The molecule has 4 nitrogen and oxygen atoms in total. The molecular weight excluding hydrogens is 294 g/mol. The van der Waals surface area contributed by atoms with Crippen LogP contribution in [0.1, 0.15) is 17.9 Å². The summed E-state index contributed by atoms with van der Waals surface area (Å²) in [7, 11) is -1.88. The molecule has 0 amide bonds. The Morgan fingerprint density at radius 2 is 2.17 bits per heavy atom. The molecular formula is C11H18ClNO3S2. The number of hydrogen-bond acceptors (Lipinski definition) is 4. The van der Waals surface area contributed by atoms with Gasteiger partial charge in [-0.15, -0.1) is 11.6 Å². The smallest absolute Gasteiger partial charge is 0.246 e. The standard InChI is InChI=1S/C11H18ClNO3S2/c1-9-11(7-10(8-12)16-9)18(14,15)13(2)5-4-6-17-3/h7H,4-6,8H2,1-3H3. The van der Waals surface area contributed by atoms with Gasteiger partial charge in [0.2, 0.25) is 10.0 Å². The fourth-order valence-corrected chi connectivity index (χ4v) is 3.51. The van der Waals surface area contributed by atoms with E-state index in [4.69, 9.17) is 16.0 Å². The summed E-state index contributed by atoms with van der Waals surface area (Å²) in [4.78, 5) is 0.213. The highest BCUT2D eigenvalue weighted by Gasteiger charge is 2.25. The normalized spacial score (nSPS) is 12.3. The lowest BCUT2D eigenvalue weighted by atomic mass is 10.4. The fraction of sp³-hybridized carbons (Fsp3) is 0.636. The van der Waals surface area contributed by atoms with Gasteiger partial charge in [-0.3, -0.25) is 0 Å². The zero-order chi connectivity index (χ0) is 13.8. The first-order chi connectivity index (χ1) is 8.43. The van der Waals surface area contributed by atoms with Gasteiger partial charge in [0.1, 0.15) is 16.4 Å². The topological polar surface area (TPSA) is 50.5 Å². The van der Waals surface area contributed by atoms with Gasteiger partial charge >= 0.3 is 0 Å². The molecule has 1 aromatic heterocycles. The van der Waals surface area contributed by atoms with E-state index in [2.05, 4.69) is 0 Å². The van der Waals surface area contributed by atoms with E-state index in [9.17, 15) is 8.42 Å². The maximum atomic E-state index is 12.3. The van der Waals surface area contributed by atoms with E-state index in [0.29, 0.717) is 18.1 Å². The Labute approximate surface area is 118 Å². The van der Waals surface area contributed by atoms with Crippen molar-refractivity contribution in [2.24, 2.45) is 0 Å². The highest BCUT2D eigenvalue weighted by molar-refractivity contribution is 7.98. The Morgan fingerprint density at radius 3 is 2.67 bits per heavy atom. The molecule has 0 aliphatic rings. The fourth-order valence-electron chi connectivity index (χ4n) is 1.57. The average molecular weight is 312 g/mol. The van der Waals surface area contributed by atoms with E-state index in [1.807, 2.05) is 6.26 Å². The lowest BCUT2D eigenvalue weighted by Crippen LogP contribution is -2.28. The third-order valence-corrected chi connectivity index (χ3v) is 5.49. The molecule has 0 unspecified atom stereocenters. The molecule has 104 valence electrons. The minimum Gasteiger partial charge on any atom is -0.464 e. The number of furan rings is 1. The van der Waals surface area contributed by atoms with E-state index in [1.54, 1.807) is 25.7 Å². The molecule has 0 aromatic carbocycles. The highest BCUT2D eigenvalue weighted by Crippen LogP contribution is 2.24. The quantitative estimate of drug-likeness (QED) is 0.574. The second-order valence-electron chi connectivity index (χ2n) is 3.94. The first kappa shape index (κ1) is 15.9. The second kappa shape index (κ2) is 6.84. The molecule has 0 radical (unpaired) electrons. The van der Waals surface area contributed by atoms with Gasteiger partial charge in [0.25, 0.3) is 0 Å². The predicted molar refractivity (Wildman–Crippen MR) is 75.8 cm³/mol. The second-order valence-corrected chi connectivity index (χ2v) is 7.21. The summed E-state index contributed by atoms with van der Waals surface area (Å²) in [6.07, 6.45) is 2.83. The van der Waals surface area contributed by atoms with Crippen molar-refractivity contribution < 1.29 is 12.8 Å². The molecule has 0 spiro atoms. The molecule has 0 fully saturated rings. The molecule has 0 atom stereocenters. The minimum absolute atomic E-state index is 0.173. The first-order valence-corrected chi connectivity index (χ1v) is 8.91. The van der Waals surface area contributed by atoms with Crippen LogP contribution in [-0.4, -0.2) is 38.3 Å². The lowest BCUT2D eigenvalue weighted by molar-refractivity contribution is 0.461. The van der Waals surface area contributed by atoms with Gasteiger partial charge in [-0.1, -0.05) is 0 Å². The van der Waals surface area contributed by atoms with Gasteiger partial charge in [-0.05, 0) is 25.4 Å². The molecule has 1 aromatic rings. The number of sulfonamides is 1. The maximum absolute atomic E-state index is 12.3. The van der Waals surface area contributed by atoms with Gasteiger partial charge < -0.3 is 4.42 Å². The first-order valence-electron chi connectivity index (χ1n) is 5.54. The van der Waals surface area contributed by atoms with Crippen molar-refractivity contribution in [2.45, 2.75) is 24.1 Å². The SMILES string of the molecule is CSCCCN(C)S(=O)(=O)c1cc(CCl)oc1C. The number of hydrogen-bond donors (Lipinski definition) is 0. The molecule has 1 rings (SSSR count). The van der Waals surface area contributed by atoms with Crippen LogP contribution in [-0.2, 0) is 15.9 Å². The third-order valence-electron chi connectivity index (χ3n) is 2.56. The van der Waals surface area contributed by atoms with Gasteiger partial charge in [0.15, 0.2) is 0 Å². The van der Waals surface area contributed by atoms with E-state index in [1.165, 1.54) is 10.4 Å². The van der Waals surface area contributed by atoms with Crippen LogP contribution in [0.2, 0.25) is 0 Å². The van der Waals surface area contributed by atoms with Crippen LogP contribution in [0, 0.1) is 6.92 Å². The zero-order valence-corrected chi connectivity index (χ0v) is 13.2. The number of halogens is 1.